The normalized spacial score (nSPS) is 40.8. The fraction of sp³-hybridized carbons (Fsp3) is 1.00. The Bertz CT molecular complexity index is 290. The van der Waals surface area contributed by atoms with Crippen molar-refractivity contribution in [2.24, 2.45) is 16.7 Å². The Hall–Kier alpha value is -0.0400. The van der Waals surface area contributed by atoms with Crippen molar-refractivity contribution in [2.45, 2.75) is 85.2 Å². The molecule has 1 heteroatoms. The van der Waals surface area contributed by atoms with Gasteiger partial charge in [-0.15, -0.1) is 0 Å². The molecule has 1 heterocycles. The molecule has 1 aliphatic carbocycles. The van der Waals surface area contributed by atoms with Crippen LogP contribution in [0.5, 0.6) is 0 Å². The van der Waals surface area contributed by atoms with Crippen LogP contribution in [0.15, 0.2) is 0 Å². The molecule has 106 valence electrons. The van der Waals surface area contributed by atoms with E-state index < -0.39 is 0 Å². The zero-order valence-corrected chi connectivity index (χ0v) is 13.1. The molecule has 0 radical (unpaired) electrons. The van der Waals surface area contributed by atoms with E-state index >= 15 is 0 Å². The van der Waals surface area contributed by atoms with Crippen LogP contribution in [0.4, 0.5) is 0 Å². The van der Waals surface area contributed by atoms with Crippen LogP contribution in [0.2, 0.25) is 0 Å². The van der Waals surface area contributed by atoms with Crippen molar-refractivity contribution in [1.29, 1.82) is 0 Å². The zero-order chi connectivity index (χ0) is 13.4. The van der Waals surface area contributed by atoms with Gasteiger partial charge in [-0.05, 0) is 55.8 Å². The van der Waals surface area contributed by atoms with Gasteiger partial charge in [-0.2, -0.15) is 0 Å². The number of hydrogen-bond donors (Lipinski definition) is 0. The van der Waals surface area contributed by atoms with Crippen molar-refractivity contribution in [3.63, 3.8) is 0 Å². The van der Waals surface area contributed by atoms with Crippen LogP contribution in [0.3, 0.4) is 0 Å². The molecule has 2 fully saturated rings. The monoisotopic (exact) mass is 252 g/mol. The second-order valence-corrected chi connectivity index (χ2v) is 8.42. The van der Waals surface area contributed by atoms with Crippen LogP contribution in [0.1, 0.15) is 79.6 Å². The average Bonchev–Trinajstić information content (AvgIpc) is 2.59. The average molecular weight is 252 g/mol. The first-order valence-electron chi connectivity index (χ1n) is 7.89. The summed E-state index contributed by atoms with van der Waals surface area (Å²) in [6, 6.07) is 0. The van der Waals surface area contributed by atoms with Crippen LogP contribution in [0.25, 0.3) is 0 Å². The molecular formula is C17H32O. The number of fused-ring (bicyclic) bond motifs is 1. The predicted molar refractivity (Wildman–Crippen MR) is 77.7 cm³/mol. The molecule has 0 aromatic heterocycles. The van der Waals surface area contributed by atoms with Crippen molar-refractivity contribution < 1.29 is 4.74 Å². The van der Waals surface area contributed by atoms with Gasteiger partial charge in [-0.1, -0.05) is 40.5 Å². The summed E-state index contributed by atoms with van der Waals surface area (Å²) in [7, 11) is 0. The topological polar surface area (TPSA) is 9.23 Å². The molecule has 0 bridgehead atoms. The molecular weight excluding hydrogens is 220 g/mol. The van der Waals surface area contributed by atoms with Gasteiger partial charge in [0.05, 0.1) is 5.60 Å². The minimum Gasteiger partial charge on any atom is -0.375 e. The van der Waals surface area contributed by atoms with E-state index in [1.165, 1.54) is 44.9 Å². The summed E-state index contributed by atoms with van der Waals surface area (Å²) in [4.78, 5) is 0. The highest BCUT2D eigenvalue weighted by Gasteiger charge is 2.51. The third-order valence-electron chi connectivity index (χ3n) is 5.51. The van der Waals surface area contributed by atoms with Crippen molar-refractivity contribution in [3.05, 3.63) is 0 Å². The Morgan fingerprint density at radius 1 is 1.17 bits per heavy atom. The molecule has 1 saturated heterocycles. The smallest absolute Gasteiger partial charge is 0.0688 e. The lowest BCUT2D eigenvalue weighted by atomic mass is 9.59. The highest BCUT2D eigenvalue weighted by Crippen LogP contribution is 2.55. The van der Waals surface area contributed by atoms with Gasteiger partial charge >= 0.3 is 0 Å². The summed E-state index contributed by atoms with van der Waals surface area (Å²) in [6.45, 7) is 13.0. The van der Waals surface area contributed by atoms with Crippen LogP contribution in [-0.4, -0.2) is 12.2 Å². The van der Waals surface area contributed by atoms with Gasteiger partial charge in [0.15, 0.2) is 0 Å². The summed E-state index contributed by atoms with van der Waals surface area (Å²) in [5.74, 6) is 0.804. The van der Waals surface area contributed by atoms with Gasteiger partial charge in [0.25, 0.3) is 0 Å². The fourth-order valence-corrected chi connectivity index (χ4v) is 4.49. The maximum Gasteiger partial charge on any atom is 0.0688 e. The standard InChI is InChI=1S/C17H32O/c1-15(2,3)9-6-10-16(4)11-7-12-17(5)14(16)8-13-18-17/h14H,6-13H2,1-5H3/t14?,16-,17+/m0/s1. The number of rotatable bonds is 3. The first-order valence-corrected chi connectivity index (χ1v) is 7.89. The summed E-state index contributed by atoms with van der Waals surface area (Å²) in [5.41, 5.74) is 1.23. The van der Waals surface area contributed by atoms with Crippen LogP contribution in [-0.2, 0) is 4.74 Å². The van der Waals surface area contributed by atoms with Crippen LogP contribution in [0, 0.1) is 16.7 Å². The van der Waals surface area contributed by atoms with Gasteiger partial charge in [0.1, 0.15) is 0 Å². The van der Waals surface area contributed by atoms with Crippen molar-refractivity contribution >= 4 is 0 Å². The summed E-state index contributed by atoms with van der Waals surface area (Å²) in [5, 5.41) is 0. The van der Waals surface area contributed by atoms with E-state index in [1.807, 2.05) is 0 Å². The maximum atomic E-state index is 6.09. The zero-order valence-electron chi connectivity index (χ0n) is 13.1. The summed E-state index contributed by atoms with van der Waals surface area (Å²) < 4.78 is 6.09. The fourth-order valence-electron chi connectivity index (χ4n) is 4.49. The Morgan fingerprint density at radius 2 is 1.89 bits per heavy atom. The third-order valence-corrected chi connectivity index (χ3v) is 5.51. The minimum absolute atomic E-state index is 0.203. The summed E-state index contributed by atoms with van der Waals surface area (Å²) >= 11 is 0. The maximum absolute atomic E-state index is 6.09. The molecule has 2 rings (SSSR count). The molecule has 0 N–H and O–H groups in total. The van der Waals surface area contributed by atoms with E-state index in [0.29, 0.717) is 10.8 Å². The molecule has 0 aromatic carbocycles. The van der Waals surface area contributed by atoms with E-state index in [-0.39, 0.29) is 5.60 Å². The molecule has 0 spiro atoms. The van der Waals surface area contributed by atoms with Crippen molar-refractivity contribution in [1.82, 2.24) is 0 Å². The largest absolute Gasteiger partial charge is 0.375 e. The molecule has 3 atom stereocenters. The molecule has 2 aliphatic rings. The Balaban J connectivity index is 1.97. The first-order chi connectivity index (χ1) is 8.25. The molecule has 1 nitrogen and oxygen atoms in total. The number of ether oxygens (including phenoxy) is 1. The van der Waals surface area contributed by atoms with Crippen LogP contribution >= 0.6 is 0 Å². The van der Waals surface area contributed by atoms with Crippen molar-refractivity contribution in [3.8, 4) is 0 Å². The summed E-state index contributed by atoms with van der Waals surface area (Å²) in [6.07, 6.45) is 9.49. The lowest BCUT2D eigenvalue weighted by Gasteiger charge is -2.48. The quantitative estimate of drug-likeness (QED) is 0.672. The van der Waals surface area contributed by atoms with E-state index in [0.717, 1.165) is 12.5 Å². The molecule has 1 unspecified atom stereocenters. The van der Waals surface area contributed by atoms with Gasteiger partial charge in [-0.3, -0.25) is 0 Å². The van der Waals surface area contributed by atoms with E-state index in [2.05, 4.69) is 34.6 Å². The lowest BCUT2D eigenvalue weighted by Crippen LogP contribution is -2.45. The Labute approximate surface area is 114 Å². The molecule has 0 aromatic rings. The third kappa shape index (κ3) is 2.92. The number of hydrogen-bond acceptors (Lipinski definition) is 1. The Morgan fingerprint density at radius 3 is 2.56 bits per heavy atom. The molecule has 1 saturated carbocycles. The van der Waals surface area contributed by atoms with E-state index in [9.17, 15) is 0 Å². The lowest BCUT2D eigenvalue weighted by molar-refractivity contribution is -0.0788. The van der Waals surface area contributed by atoms with Gasteiger partial charge in [-0.25, -0.2) is 0 Å². The highest BCUT2D eigenvalue weighted by atomic mass is 16.5. The van der Waals surface area contributed by atoms with Gasteiger partial charge < -0.3 is 4.74 Å². The SMILES string of the molecule is CC(C)(C)CCC[C@@]1(C)CCC[C@@]2(C)OCCC12. The molecule has 0 amide bonds. The second-order valence-electron chi connectivity index (χ2n) is 8.42. The van der Waals surface area contributed by atoms with E-state index in [4.69, 9.17) is 4.74 Å². The highest BCUT2D eigenvalue weighted by molar-refractivity contribution is 5.01. The van der Waals surface area contributed by atoms with Gasteiger partial charge in [0.2, 0.25) is 0 Å². The predicted octanol–water partition coefficient (Wildman–Crippen LogP) is 5.19. The van der Waals surface area contributed by atoms with E-state index in [1.54, 1.807) is 0 Å². The molecule has 18 heavy (non-hydrogen) atoms. The Kier molecular flexibility index (Phi) is 3.84. The van der Waals surface area contributed by atoms with Crippen molar-refractivity contribution in [2.75, 3.05) is 6.61 Å². The van der Waals surface area contributed by atoms with Crippen LogP contribution < -0.4 is 0 Å². The molecule has 1 aliphatic heterocycles. The van der Waals surface area contributed by atoms with Gasteiger partial charge in [0, 0.05) is 6.61 Å². The minimum atomic E-state index is 0.203. The first kappa shape index (κ1) is 14.4. The second kappa shape index (κ2) is 4.81.